The van der Waals surface area contributed by atoms with E-state index in [4.69, 9.17) is 10.5 Å². The van der Waals surface area contributed by atoms with E-state index >= 15 is 0 Å². The van der Waals surface area contributed by atoms with Gasteiger partial charge in [-0.1, -0.05) is 0 Å². The molecule has 2 heterocycles. The van der Waals surface area contributed by atoms with Gasteiger partial charge in [0, 0.05) is 24.8 Å². The van der Waals surface area contributed by atoms with Crippen LogP contribution in [0.3, 0.4) is 0 Å². The molecule has 0 aliphatic rings. The zero-order valence-corrected chi connectivity index (χ0v) is 11.2. The van der Waals surface area contributed by atoms with Crippen molar-refractivity contribution < 1.29 is 4.74 Å². The lowest BCUT2D eigenvalue weighted by molar-refractivity contribution is 0.423. The molecule has 0 saturated heterocycles. The molecule has 102 valence electrons. The molecular weight excluding hydrogens is 246 g/mol. The summed E-state index contributed by atoms with van der Waals surface area (Å²) in [5, 5.41) is 6.73. The van der Waals surface area contributed by atoms with Gasteiger partial charge in [0.1, 0.15) is 0 Å². The van der Waals surface area contributed by atoms with Crippen molar-refractivity contribution in [1.82, 2.24) is 25.1 Å². The number of aromatic nitrogens is 5. The van der Waals surface area contributed by atoms with Crippen LogP contribution in [0.15, 0.2) is 6.07 Å². The van der Waals surface area contributed by atoms with Crippen LogP contribution in [0, 0.1) is 6.92 Å². The molecule has 0 unspecified atom stereocenters. The third-order valence-corrected chi connectivity index (χ3v) is 2.54. The standard InChI is InChI=1S/C11H17N7O/c1-4-18(5-2)10-13-9(12)14-11(15-10)19-8-6-7(3)16-17-8/h6H,4-5H2,1-3H3,(H,16,17)(H2,12,13,14,15). The molecule has 0 fully saturated rings. The minimum atomic E-state index is 0.124. The minimum absolute atomic E-state index is 0.124. The highest BCUT2D eigenvalue weighted by Crippen LogP contribution is 2.18. The van der Waals surface area contributed by atoms with Crippen LogP contribution in [-0.4, -0.2) is 38.2 Å². The smallest absolute Gasteiger partial charge is 0.330 e. The highest BCUT2D eigenvalue weighted by atomic mass is 16.5. The second kappa shape index (κ2) is 5.51. The molecule has 3 N–H and O–H groups in total. The normalized spacial score (nSPS) is 10.5. The number of aryl methyl sites for hydroxylation is 1. The van der Waals surface area contributed by atoms with Crippen LogP contribution in [-0.2, 0) is 0 Å². The molecule has 0 spiro atoms. The number of nitrogen functional groups attached to an aromatic ring is 1. The van der Waals surface area contributed by atoms with E-state index in [-0.39, 0.29) is 12.0 Å². The van der Waals surface area contributed by atoms with Crippen molar-refractivity contribution >= 4 is 11.9 Å². The van der Waals surface area contributed by atoms with Gasteiger partial charge >= 0.3 is 6.01 Å². The lowest BCUT2D eigenvalue weighted by Crippen LogP contribution is -2.25. The quantitative estimate of drug-likeness (QED) is 0.832. The summed E-state index contributed by atoms with van der Waals surface area (Å²) in [7, 11) is 0. The van der Waals surface area contributed by atoms with Crippen molar-refractivity contribution in [2.45, 2.75) is 20.8 Å². The summed E-state index contributed by atoms with van der Waals surface area (Å²) in [6.07, 6.45) is 0. The van der Waals surface area contributed by atoms with Gasteiger partial charge in [-0.05, 0) is 20.8 Å². The molecule has 19 heavy (non-hydrogen) atoms. The van der Waals surface area contributed by atoms with Gasteiger partial charge in [0.2, 0.25) is 17.8 Å². The van der Waals surface area contributed by atoms with Crippen molar-refractivity contribution in [3.8, 4) is 11.9 Å². The molecule has 0 amide bonds. The summed E-state index contributed by atoms with van der Waals surface area (Å²) in [6, 6.07) is 1.89. The third-order valence-electron chi connectivity index (χ3n) is 2.54. The number of nitrogens with zero attached hydrogens (tertiary/aromatic N) is 5. The van der Waals surface area contributed by atoms with Gasteiger partial charge in [0.15, 0.2) is 0 Å². The Bertz CT molecular complexity index is 550. The molecule has 0 aliphatic carbocycles. The molecular formula is C11H17N7O. The maximum atomic E-state index is 5.67. The van der Waals surface area contributed by atoms with Gasteiger partial charge in [-0.3, -0.25) is 5.10 Å². The van der Waals surface area contributed by atoms with E-state index in [1.807, 2.05) is 25.7 Å². The molecule has 2 aromatic rings. The number of nitrogens with one attached hydrogen (secondary N) is 1. The molecule has 2 aromatic heterocycles. The molecule has 0 atom stereocenters. The Morgan fingerprint density at radius 3 is 2.58 bits per heavy atom. The molecule has 0 aromatic carbocycles. The summed E-state index contributed by atoms with van der Waals surface area (Å²) in [4.78, 5) is 14.2. The average molecular weight is 263 g/mol. The van der Waals surface area contributed by atoms with Gasteiger partial charge < -0.3 is 15.4 Å². The highest BCUT2D eigenvalue weighted by Gasteiger charge is 2.12. The summed E-state index contributed by atoms with van der Waals surface area (Å²) in [5.74, 6) is 1.02. The van der Waals surface area contributed by atoms with E-state index in [1.165, 1.54) is 0 Å². The minimum Gasteiger partial charge on any atom is -0.403 e. The van der Waals surface area contributed by atoms with Crippen LogP contribution in [0.25, 0.3) is 0 Å². The number of aromatic amines is 1. The summed E-state index contributed by atoms with van der Waals surface area (Å²) >= 11 is 0. The Morgan fingerprint density at radius 2 is 2.00 bits per heavy atom. The van der Waals surface area contributed by atoms with Crippen LogP contribution < -0.4 is 15.4 Å². The summed E-state index contributed by atoms with van der Waals surface area (Å²) < 4.78 is 5.45. The number of H-pyrrole nitrogens is 1. The van der Waals surface area contributed by atoms with E-state index in [9.17, 15) is 0 Å². The van der Waals surface area contributed by atoms with Gasteiger partial charge in [0.25, 0.3) is 0 Å². The largest absolute Gasteiger partial charge is 0.403 e. The maximum absolute atomic E-state index is 5.67. The van der Waals surface area contributed by atoms with Crippen LogP contribution in [0.1, 0.15) is 19.5 Å². The lowest BCUT2D eigenvalue weighted by Gasteiger charge is -2.18. The van der Waals surface area contributed by atoms with E-state index in [1.54, 1.807) is 6.07 Å². The number of hydrogen-bond acceptors (Lipinski definition) is 7. The van der Waals surface area contributed by atoms with Gasteiger partial charge in [-0.15, -0.1) is 5.10 Å². The molecule has 0 aliphatic heterocycles. The molecule has 8 nitrogen and oxygen atoms in total. The van der Waals surface area contributed by atoms with E-state index in [0.717, 1.165) is 18.8 Å². The molecule has 0 bridgehead atoms. The Hall–Kier alpha value is -2.38. The predicted octanol–water partition coefficient (Wildman–Crippen LogP) is 1.12. The van der Waals surface area contributed by atoms with Gasteiger partial charge in [0.05, 0.1) is 0 Å². The Morgan fingerprint density at radius 1 is 1.26 bits per heavy atom. The first kappa shape index (κ1) is 13.1. The first-order chi connectivity index (χ1) is 9.12. The van der Waals surface area contributed by atoms with Crippen LogP contribution in [0.4, 0.5) is 11.9 Å². The van der Waals surface area contributed by atoms with E-state index in [0.29, 0.717) is 11.8 Å². The monoisotopic (exact) mass is 263 g/mol. The molecule has 0 saturated carbocycles. The fourth-order valence-electron chi connectivity index (χ4n) is 1.59. The van der Waals surface area contributed by atoms with Crippen molar-refractivity contribution in [3.63, 3.8) is 0 Å². The van der Waals surface area contributed by atoms with Gasteiger partial charge in [-0.25, -0.2) is 0 Å². The van der Waals surface area contributed by atoms with E-state index < -0.39 is 0 Å². The number of ether oxygens (including phenoxy) is 1. The first-order valence-corrected chi connectivity index (χ1v) is 6.08. The average Bonchev–Trinajstić information content (AvgIpc) is 2.75. The van der Waals surface area contributed by atoms with Gasteiger partial charge in [-0.2, -0.15) is 15.0 Å². The second-order valence-corrected chi connectivity index (χ2v) is 3.94. The van der Waals surface area contributed by atoms with E-state index in [2.05, 4.69) is 25.1 Å². The number of hydrogen-bond donors (Lipinski definition) is 2. The molecule has 2 rings (SSSR count). The fourth-order valence-corrected chi connectivity index (χ4v) is 1.59. The van der Waals surface area contributed by atoms with Crippen LogP contribution >= 0.6 is 0 Å². The first-order valence-electron chi connectivity index (χ1n) is 6.08. The van der Waals surface area contributed by atoms with Crippen molar-refractivity contribution in [3.05, 3.63) is 11.8 Å². The Labute approximate surface area is 111 Å². The number of anilines is 2. The van der Waals surface area contributed by atoms with Crippen molar-refractivity contribution in [2.24, 2.45) is 0 Å². The number of nitrogens with two attached hydrogens (primary N) is 1. The molecule has 8 heteroatoms. The van der Waals surface area contributed by atoms with Crippen LogP contribution in [0.2, 0.25) is 0 Å². The Balaban J connectivity index is 2.25. The summed E-state index contributed by atoms with van der Waals surface area (Å²) in [6.45, 7) is 7.47. The topological polar surface area (TPSA) is 106 Å². The predicted molar refractivity (Wildman–Crippen MR) is 71.2 cm³/mol. The fraction of sp³-hybridized carbons (Fsp3) is 0.455. The highest BCUT2D eigenvalue weighted by molar-refractivity contribution is 5.36. The summed E-state index contributed by atoms with van der Waals surface area (Å²) in [5.41, 5.74) is 6.56. The number of rotatable bonds is 5. The SMILES string of the molecule is CCN(CC)c1nc(N)nc(Oc2cc(C)[nH]n2)n1. The van der Waals surface area contributed by atoms with Crippen molar-refractivity contribution in [2.75, 3.05) is 23.7 Å². The van der Waals surface area contributed by atoms with Crippen LogP contribution in [0.5, 0.6) is 11.9 Å². The lowest BCUT2D eigenvalue weighted by atomic mass is 10.5. The Kier molecular flexibility index (Phi) is 3.79. The second-order valence-electron chi connectivity index (χ2n) is 3.94. The maximum Gasteiger partial charge on any atom is 0.330 e. The zero-order valence-electron chi connectivity index (χ0n) is 11.2. The zero-order chi connectivity index (χ0) is 13.8. The van der Waals surface area contributed by atoms with Crippen molar-refractivity contribution in [1.29, 1.82) is 0 Å². The molecule has 0 radical (unpaired) electrons. The third kappa shape index (κ3) is 3.09.